The summed E-state index contributed by atoms with van der Waals surface area (Å²) in [6, 6.07) is 0. The first kappa shape index (κ1) is 12.7. The Balaban J connectivity index is 0. The minimum Gasteiger partial charge on any atom is -0.0683 e. The Hall–Kier alpha value is 0. The number of rotatable bonds is 1. The molecule has 1 fully saturated rings. The molecule has 0 heterocycles. The molecule has 0 aliphatic heterocycles. The van der Waals surface area contributed by atoms with Crippen LogP contribution in [0.15, 0.2) is 0 Å². The molecular formula is C10H24. The van der Waals surface area contributed by atoms with Crippen LogP contribution in [0.2, 0.25) is 0 Å². The zero-order valence-electron chi connectivity index (χ0n) is 8.62. The predicted molar refractivity (Wildman–Crippen MR) is 50.3 cm³/mol. The van der Waals surface area contributed by atoms with Crippen molar-refractivity contribution < 1.29 is 0 Å². The van der Waals surface area contributed by atoms with Gasteiger partial charge in [-0.05, 0) is 18.3 Å². The van der Waals surface area contributed by atoms with Crippen molar-refractivity contribution in [3.8, 4) is 0 Å². The summed E-state index contributed by atoms with van der Waals surface area (Å²) in [5, 5.41) is 0. The van der Waals surface area contributed by atoms with Crippen molar-refractivity contribution in [2.45, 2.75) is 60.8 Å². The summed E-state index contributed by atoms with van der Waals surface area (Å²) in [5.74, 6) is 0. The van der Waals surface area contributed by atoms with Crippen LogP contribution in [0.3, 0.4) is 0 Å². The summed E-state index contributed by atoms with van der Waals surface area (Å²) in [7, 11) is 0. The molecule has 0 spiro atoms. The van der Waals surface area contributed by atoms with E-state index >= 15 is 0 Å². The van der Waals surface area contributed by atoms with E-state index < -0.39 is 0 Å². The predicted octanol–water partition coefficient (Wildman–Crippen LogP) is 4.25. The first-order chi connectivity index (χ1) is 4.77. The highest BCUT2D eigenvalue weighted by atomic mass is 14.4. The Labute approximate surface area is 67.0 Å². The van der Waals surface area contributed by atoms with Gasteiger partial charge in [0.1, 0.15) is 0 Å². The van der Waals surface area contributed by atoms with Gasteiger partial charge in [-0.3, -0.25) is 0 Å². The number of hydrogen-bond donors (Lipinski definition) is 0. The molecule has 1 rings (SSSR count). The maximum atomic E-state index is 2.35. The molecule has 10 heavy (non-hydrogen) atoms. The van der Waals surface area contributed by atoms with Crippen molar-refractivity contribution in [2.24, 2.45) is 5.41 Å². The van der Waals surface area contributed by atoms with Gasteiger partial charge in [-0.25, -0.2) is 0 Å². The van der Waals surface area contributed by atoms with Gasteiger partial charge in [0.25, 0.3) is 0 Å². The van der Waals surface area contributed by atoms with Crippen molar-refractivity contribution in [3.05, 3.63) is 0 Å². The Bertz CT molecular complexity index is 51.1. The molecule has 0 aromatic heterocycles. The maximum Gasteiger partial charge on any atom is -0.0328 e. The SMILES string of the molecule is CC.CC.CCC1(C)CC1. The van der Waals surface area contributed by atoms with Crippen LogP contribution < -0.4 is 0 Å². The van der Waals surface area contributed by atoms with E-state index in [0.29, 0.717) is 0 Å². The highest BCUT2D eigenvalue weighted by molar-refractivity contribution is 4.86. The fourth-order valence-corrected chi connectivity index (χ4v) is 0.567. The largest absolute Gasteiger partial charge is 0.0683 e. The molecule has 0 amide bonds. The second-order valence-electron chi connectivity index (χ2n) is 2.66. The Morgan fingerprint density at radius 1 is 1.00 bits per heavy atom. The van der Waals surface area contributed by atoms with Gasteiger partial charge in [0.2, 0.25) is 0 Å². The molecular weight excluding hydrogens is 120 g/mol. The average molecular weight is 144 g/mol. The van der Waals surface area contributed by atoms with Gasteiger partial charge in [-0.1, -0.05) is 48.0 Å². The third-order valence-corrected chi connectivity index (χ3v) is 1.96. The van der Waals surface area contributed by atoms with Crippen molar-refractivity contribution in [3.63, 3.8) is 0 Å². The van der Waals surface area contributed by atoms with Gasteiger partial charge < -0.3 is 0 Å². The van der Waals surface area contributed by atoms with E-state index in [0.717, 1.165) is 5.41 Å². The number of hydrogen-bond acceptors (Lipinski definition) is 0. The minimum absolute atomic E-state index is 0.792. The van der Waals surface area contributed by atoms with Gasteiger partial charge in [0, 0.05) is 0 Å². The van der Waals surface area contributed by atoms with Crippen LogP contribution in [0.25, 0.3) is 0 Å². The Morgan fingerprint density at radius 2 is 1.30 bits per heavy atom. The van der Waals surface area contributed by atoms with Gasteiger partial charge in [-0.2, -0.15) is 0 Å². The van der Waals surface area contributed by atoms with Crippen LogP contribution in [0.5, 0.6) is 0 Å². The zero-order chi connectivity index (χ0) is 8.62. The normalized spacial score (nSPS) is 17.4. The van der Waals surface area contributed by atoms with Gasteiger partial charge in [-0.15, -0.1) is 0 Å². The quantitative estimate of drug-likeness (QED) is 0.516. The third-order valence-electron chi connectivity index (χ3n) is 1.96. The van der Waals surface area contributed by atoms with Crippen molar-refractivity contribution in [2.75, 3.05) is 0 Å². The topological polar surface area (TPSA) is 0 Å². The second-order valence-corrected chi connectivity index (χ2v) is 2.66. The molecule has 1 saturated carbocycles. The summed E-state index contributed by atoms with van der Waals surface area (Å²) in [4.78, 5) is 0. The summed E-state index contributed by atoms with van der Waals surface area (Å²) in [6.45, 7) is 12.6. The van der Waals surface area contributed by atoms with Gasteiger partial charge in [0.15, 0.2) is 0 Å². The van der Waals surface area contributed by atoms with Crippen LogP contribution in [0, 0.1) is 5.41 Å². The summed E-state index contributed by atoms with van der Waals surface area (Å²) in [6.07, 6.45) is 4.33. The molecule has 1 aliphatic carbocycles. The summed E-state index contributed by atoms with van der Waals surface area (Å²) in [5.41, 5.74) is 0.792. The van der Waals surface area contributed by atoms with E-state index in [1.165, 1.54) is 19.3 Å². The molecule has 0 aromatic rings. The average Bonchev–Trinajstić information content (AvgIpc) is 2.77. The van der Waals surface area contributed by atoms with E-state index in [1.807, 2.05) is 27.7 Å². The van der Waals surface area contributed by atoms with Crippen LogP contribution >= 0.6 is 0 Å². The first-order valence-corrected chi connectivity index (χ1v) is 4.77. The lowest BCUT2D eigenvalue weighted by Gasteiger charge is -1.96. The van der Waals surface area contributed by atoms with Crippen LogP contribution in [0.1, 0.15) is 60.8 Å². The van der Waals surface area contributed by atoms with Crippen LogP contribution in [-0.4, -0.2) is 0 Å². The molecule has 0 nitrogen and oxygen atoms in total. The third kappa shape index (κ3) is 6.12. The summed E-state index contributed by atoms with van der Waals surface area (Å²) >= 11 is 0. The van der Waals surface area contributed by atoms with Crippen LogP contribution in [0.4, 0.5) is 0 Å². The molecule has 0 radical (unpaired) electrons. The van der Waals surface area contributed by atoms with Crippen molar-refractivity contribution >= 4 is 0 Å². The maximum absolute atomic E-state index is 2.35. The van der Waals surface area contributed by atoms with Crippen molar-refractivity contribution in [1.29, 1.82) is 0 Å². The fourth-order valence-electron chi connectivity index (χ4n) is 0.567. The smallest absolute Gasteiger partial charge is 0.0328 e. The molecule has 1 aliphatic rings. The Kier molecular flexibility index (Phi) is 9.00. The molecule has 0 atom stereocenters. The standard InChI is InChI=1S/C6H12.2C2H6/c1-3-6(2)4-5-6;2*1-2/h3-5H2,1-2H3;2*1-2H3. The monoisotopic (exact) mass is 144 g/mol. The molecule has 64 valence electrons. The molecule has 0 N–H and O–H groups in total. The highest BCUT2D eigenvalue weighted by Crippen LogP contribution is 2.47. The lowest BCUT2D eigenvalue weighted by atomic mass is 10.1. The van der Waals surface area contributed by atoms with E-state index in [2.05, 4.69) is 13.8 Å². The summed E-state index contributed by atoms with van der Waals surface area (Å²) < 4.78 is 0. The van der Waals surface area contributed by atoms with Crippen LogP contribution in [-0.2, 0) is 0 Å². The molecule has 0 bridgehead atoms. The highest BCUT2D eigenvalue weighted by Gasteiger charge is 2.34. The van der Waals surface area contributed by atoms with Crippen molar-refractivity contribution in [1.82, 2.24) is 0 Å². The van der Waals surface area contributed by atoms with E-state index in [9.17, 15) is 0 Å². The molecule has 0 heteroatoms. The molecule has 0 unspecified atom stereocenters. The first-order valence-electron chi connectivity index (χ1n) is 4.77. The Morgan fingerprint density at radius 3 is 1.30 bits per heavy atom. The minimum atomic E-state index is 0.792. The lowest BCUT2D eigenvalue weighted by Crippen LogP contribution is -1.84. The van der Waals surface area contributed by atoms with E-state index in [1.54, 1.807) is 0 Å². The second kappa shape index (κ2) is 7.11. The van der Waals surface area contributed by atoms with E-state index in [-0.39, 0.29) is 0 Å². The zero-order valence-corrected chi connectivity index (χ0v) is 8.62. The molecule has 0 aromatic carbocycles. The van der Waals surface area contributed by atoms with Gasteiger partial charge >= 0.3 is 0 Å². The fraction of sp³-hybridized carbons (Fsp3) is 1.00. The lowest BCUT2D eigenvalue weighted by molar-refractivity contribution is 0.551. The molecule has 0 saturated heterocycles. The van der Waals surface area contributed by atoms with Gasteiger partial charge in [0.05, 0.1) is 0 Å². The van der Waals surface area contributed by atoms with E-state index in [4.69, 9.17) is 0 Å².